The maximum absolute atomic E-state index is 10.4. The second kappa shape index (κ2) is 3.75. The van der Waals surface area contributed by atoms with Crippen LogP contribution in [0.3, 0.4) is 0 Å². The zero-order valence-corrected chi connectivity index (χ0v) is 8.03. The van der Waals surface area contributed by atoms with Crippen molar-refractivity contribution < 1.29 is 4.79 Å². The van der Waals surface area contributed by atoms with Gasteiger partial charge in [-0.2, -0.15) is 0 Å². The fourth-order valence-corrected chi connectivity index (χ4v) is 2.51. The van der Waals surface area contributed by atoms with Gasteiger partial charge in [-0.1, -0.05) is 0 Å². The van der Waals surface area contributed by atoms with Crippen LogP contribution in [-0.4, -0.2) is 19.4 Å². The minimum absolute atomic E-state index is 0. The van der Waals surface area contributed by atoms with Gasteiger partial charge in [0.2, 0.25) is 0 Å². The normalized spacial score (nSPS) is 27.3. The van der Waals surface area contributed by atoms with Crippen molar-refractivity contribution in [3.8, 4) is 0 Å². The zero-order chi connectivity index (χ0) is 7.73. The third kappa shape index (κ3) is 1.64. The van der Waals surface area contributed by atoms with Gasteiger partial charge in [0.1, 0.15) is 6.29 Å². The molecular weight excluding hydrogens is 174 g/mol. The molecule has 1 saturated heterocycles. The summed E-state index contributed by atoms with van der Waals surface area (Å²) in [6, 6.07) is 0. The number of aldehydes is 1. The second-order valence-electron chi connectivity index (χ2n) is 4.05. The Morgan fingerprint density at radius 3 is 2.33 bits per heavy atom. The maximum Gasteiger partial charge on any atom is 0.123 e. The number of hydrogen-bond donors (Lipinski definition) is 1. The van der Waals surface area contributed by atoms with E-state index >= 15 is 0 Å². The van der Waals surface area contributed by atoms with Gasteiger partial charge in [0.05, 0.1) is 0 Å². The number of carbonyl (C=O) groups is 1. The van der Waals surface area contributed by atoms with E-state index in [-0.39, 0.29) is 12.4 Å². The van der Waals surface area contributed by atoms with E-state index in [1.54, 1.807) is 0 Å². The number of halogens is 1. The topological polar surface area (TPSA) is 29.1 Å². The van der Waals surface area contributed by atoms with Crippen molar-refractivity contribution in [3.05, 3.63) is 0 Å². The smallest absolute Gasteiger partial charge is 0.123 e. The Bertz CT molecular complexity index is 158. The minimum atomic E-state index is 0. The van der Waals surface area contributed by atoms with Crippen LogP contribution in [0, 0.1) is 11.3 Å². The Kier molecular flexibility index (Phi) is 3.13. The van der Waals surface area contributed by atoms with E-state index in [1.807, 2.05) is 0 Å². The molecule has 0 radical (unpaired) electrons. The number of hydrogen-bond acceptors (Lipinski definition) is 2. The molecule has 0 amide bonds. The van der Waals surface area contributed by atoms with Gasteiger partial charge in [-0.25, -0.2) is 0 Å². The molecule has 1 spiro atoms. The Morgan fingerprint density at radius 2 is 1.83 bits per heavy atom. The predicted molar refractivity (Wildman–Crippen MR) is 50.6 cm³/mol. The monoisotopic (exact) mass is 189 g/mol. The van der Waals surface area contributed by atoms with Crippen LogP contribution in [0.25, 0.3) is 0 Å². The molecule has 1 heterocycles. The van der Waals surface area contributed by atoms with Crippen molar-refractivity contribution >= 4 is 18.7 Å². The van der Waals surface area contributed by atoms with Crippen LogP contribution in [0.4, 0.5) is 0 Å². The van der Waals surface area contributed by atoms with Gasteiger partial charge < -0.3 is 10.1 Å². The van der Waals surface area contributed by atoms with Crippen LogP contribution < -0.4 is 5.32 Å². The highest BCUT2D eigenvalue weighted by Gasteiger charge is 2.43. The predicted octanol–water partition coefficient (Wildman–Crippen LogP) is 1.39. The molecule has 0 aromatic rings. The quantitative estimate of drug-likeness (QED) is 0.632. The molecule has 1 N–H and O–H groups in total. The number of nitrogens with one attached hydrogen (secondary N) is 1. The average molecular weight is 190 g/mol. The lowest BCUT2D eigenvalue weighted by molar-refractivity contribution is -0.118. The summed E-state index contributed by atoms with van der Waals surface area (Å²) in [6.45, 7) is 2.32. The summed E-state index contributed by atoms with van der Waals surface area (Å²) in [4.78, 5) is 10.4. The summed E-state index contributed by atoms with van der Waals surface area (Å²) in [5.41, 5.74) is 0.580. The number of rotatable bonds is 1. The van der Waals surface area contributed by atoms with E-state index in [1.165, 1.54) is 12.8 Å². The van der Waals surface area contributed by atoms with Gasteiger partial charge in [0.25, 0.3) is 0 Å². The van der Waals surface area contributed by atoms with Crippen LogP contribution in [0.5, 0.6) is 0 Å². The Balaban J connectivity index is 0.000000720. The third-order valence-electron chi connectivity index (χ3n) is 3.25. The largest absolute Gasteiger partial charge is 0.317 e. The fourth-order valence-electron chi connectivity index (χ4n) is 2.51. The van der Waals surface area contributed by atoms with Crippen molar-refractivity contribution in [2.45, 2.75) is 25.7 Å². The van der Waals surface area contributed by atoms with E-state index in [0.29, 0.717) is 11.3 Å². The molecule has 2 nitrogen and oxygen atoms in total. The molecule has 2 aliphatic rings. The molecule has 1 saturated carbocycles. The van der Waals surface area contributed by atoms with Gasteiger partial charge in [-0.15, -0.1) is 12.4 Å². The van der Waals surface area contributed by atoms with Crippen molar-refractivity contribution in [1.29, 1.82) is 0 Å². The van der Waals surface area contributed by atoms with Crippen LogP contribution in [0.15, 0.2) is 0 Å². The Morgan fingerprint density at radius 1 is 1.25 bits per heavy atom. The van der Waals surface area contributed by atoms with Crippen molar-refractivity contribution in [1.82, 2.24) is 5.32 Å². The highest BCUT2D eigenvalue weighted by Crippen LogP contribution is 2.50. The summed E-state index contributed by atoms with van der Waals surface area (Å²) in [6.07, 6.45) is 6.04. The standard InChI is InChI=1S/C9H15NO.ClH/c11-7-8-5-9(6-8)1-3-10-4-2-9;/h7-8,10H,1-6H2;1H. The van der Waals surface area contributed by atoms with Crippen molar-refractivity contribution in [3.63, 3.8) is 0 Å². The number of carbonyl (C=O) groups excluding carboxylic acids is 1. The first-order chi connectivity index (χ1) is 5.35. The van der Waals surface area contributed by atoms with E-state index < -0.39 is 0 Å². The lowest BCUT2D eigenvalue weighted by Gasteiger charge is -2.48. The highest BCUT2D eigenvalue weighted by molar-refractivity contribution is 5.85. The molecule has 2 fully saturated rings. The van der Waals surface area contributed by atoms with Crippen LogP contribution >= 0.6 is 12.4 Å². The minimum Gasteiger partial charge on any atom is -0.317 e. The van der Waals surface area contributed by atoms with Crippen molar-refractivity contribution in [2.24, 2.45) is 11.3 Å². The maximum atomic E-state index is 10.4. The summed E-state index contributed by atoms with van der Waals surface area (Å²) in [7, 11) is 0. The summed E-state index contributed by atoms with van der Waals surface area (Å²) in [5, 5.41) is 3.35. The first-order valence-corrected chi connectivity index (χ1v) is 4.51. The first-order valence-electron chi connectivity index (χ1n) is 4.51. The van der Waals surface area contributed by atoms with Crippen LogP contribution in [-0.2, 0) is 4.79 Å². The molecule has 70 valence electrons. The highest BCUT2D eigenvalue weighted by atomic mass is 35.5. The fraction of sp³-hybridized carbons (Fsp3) is 0.889. The molecule has 0 bridgehead atoms. The SMILES string of the molecule is Cl.O=CC1CC2(CCNCC2)C1. The molecule has 3 heteroatoms. The van der Waals surface area contributed by atoms with Gasteiger partial charge >= 0.3 is 0 Å². The first kappa shape index (κ1) is 10.0. The van der Waals surface area contributed by atoms with Crippen molar-refractivity contribution in [2.75, 3.05) is 13.1 Å². The Labute approximate surface area is 79.5 Å². The molecule has 1 aliphatic heterocycles. The van der Waals surface area contributed by atoms with Gasteiger partial charge in [0.15, 0.2) is 0 Å². The summed E-state index contributed by atoms with van der Waals surface area (Å²) >= 11 is 0. The molecule has 2 rings (SSSR count). The van der Waals surface area contributed by atoms with E-state index in [0.717, 1.165) is 32.2 Å². The molecule has 0 unspecified atom stereocenters. The molecule has 0 atom stereocenters. The average Bonchev–Trinajstić information content (AvgIpc) is 2.01. The summed E-state index contributed by atoms with van der Waals surface area (Å²) in [5.74, 6) is 0.396. The van der Waals surface area contributed by atoms with Gasteiger partial charge in [0, 0.05) is 5.92 Å². The van der Waals surface area contributed by atoms with E-state index in [4.69, 9.17) is 0 Å². The third-order valence-corrected chi connectivity index (χ3v) is 3.25. The van der Waals surface area contributed by atoms with E-state index in [9.17, 15) is 4.79 Å². The zero-order valence-electron chi connectivity index (χ0n) is 7.21. The summed E-state index contributed by atoms with van der Waals surface area (Å²) < 4.78 is 0. The lowest BCUT2D eigenvalue weighted by Crippen LogP contribution is -2.45. The van der Waals surface area contributed by atoms with Crippen LogP contribution in [0.1, 0.15) is 25.7 Å². The molecule has 0 aromatic carbocycles. The number of piperidine rings is 1. The van der Waals surface area contributed by atoms with Gasteiger partial charge in [-0.05, 0) is 44.2 Å². The molecule has 0 aromatic heterocycles. The molecular formula is C9H16ClNO. The lowest BCUT2D eigenvalue weighted by atomic mass is 9.58. The van der Waals surface area contributed by atoms with Crippen LogP contribution in [0.2, 0.25) is 0 Å². The van der Waals surface area contributed by atoms with E-state index in [2.05, 4.69) is 5.32 Å². The second-order valence-corrected chi connectivity index (χ2v) is 4.05. The molecule has 1 aliphatic carbocycles. The molecule has 12 heavy (non-hydrogen) atoms. The van der Waals surface area contributed by atoms with Gasteiger partial charge in [-0.3, -0.25) is 0 Å². The Hall–Kier alpha value is -0.0800.